The molecule has 2 aromatic rings. The van der Waals surface area contributed by atoms with Crippen LogP contribution in [-0.2, 0) is 16.4 Å². The molecule has 108 valence electrons. The van der Waals surface area contributed by atoms with E-state index in [2.05, 4.69) is 4.72 Å². The van der Waals surface area contributed by atoms with Crippen LogP contribution in [-0.4, -0.2) is 8.42 Å². The lowest BCUT2D eigenvalue weighted by Gasteiger charge is -2.11. The van der Waals surface area contributed by atoms with Gasteiger partial charge in [-0.05, 0) is 37.1 Å². The Balaban J connectivity index is 0.00000200. The maximum Gasteiger partial charge on any atom is 0.261 e. The molecule has 0 aromatic heterocycles. The minimum absolute atomic E-state index is 0. The summed E-state index contributed by atoms with van der Waals surface area (Å²) in [7, 11) is -3.51. The van der Waals surface area contributed by atoms with Crippen molar-refractivity contribution in [1.29, 1.82) is 0 Å². The van der Waals surface area contributed by atoms with Gasteiger partial charge in [-0.1, -0.05) is 42.8 Å². The van der Waals surface area contributed by atoms with Crippen LogP contribution in [0.25, 0.3) is 0 Å². The Morgan fingerprint density at radius 1 is 1.00 bits per heavy atom. The molecule has 0 aliphatic rings. The average molecular weight is 294 g/mol. The number of nitrogens with one attached hydrogen (secondary N) is 1. The number of rotatable bonds is 4. The van der Waals surface area contributed by atoms with E-state index in [-0.39, 0.29) is 9.60 Å². The Kier molecular flexibility index (Phi) is 5.27. The zero-order chi connectivity index (χ0) is 13.9. The van der Waals surface area contributed by atoms with Gasteiger partial charge in [0.15, 0.2) is 0 Å². The third-order valence-electron chi connectivity index (χ3n) is 2.97. The Hall–Kier alpha value is -1.88. The van der Waals surface area contributed by atoms with Crippen LogP contribution >= 0.6 is 0 Å². The second-order valence-corrected chi connectivity index (χ2v) is 6.11. The number of benzene rings is 2. The predicted octanol–water partition coefficient (Wildman–Crippen LogP) is 0.362. The van der Waals surface area contributed by atoms with E-state index in [0.717, 1.165) is 17.5 Å². The highest BCUT2D eigenvalue weighted by molar-refractivity contribution is 7.92. The first-order valence-electron chi connectivity index (χ1n) is 6.20. The zero-order valence-electron chi connectivity index (χ0n) is 11.4. The molecule has 0 amide bonds. The van der Waals surface area contributed by atoms with Crippen LogP contribution in [0, 0.1) is 6.92 Å². The molecule has 0 fully saturated rings. The second-order valence-electron chi connectivity index (χ2n) is 4.43. The molecule has 0 aliphatic heterocycles. The van der Waals surface area contributed by atoms with E-state index in [1.165, 1.54) is 0 Å². The maximum atomic E-state index is 12.3. The number of hydrogen-bond acceptors (Lipinski definition) is 2. The van der Waals surface area contributed by atoms with Crippen molar-refractivity contribution in [3.05, 3.63) is 59.7 Å². The van der Waals surface area contributed by atoms with Gasteiger partial charge in [0.25, 0.3) is 10.0 Å². The largest absolute Gasteiger partial charge is 1.00 e. The van der Waals surface area contributed by atoms with Crippen LogP contribution in [0.1, 0.15) is 18.1 Å². The average Bonchev–Trinajstić information content (AvgIpc) is 2.39. The molecule has 2 rings (SSSR count). The van der Waals surface area contributed by atoms with Crippen molar-refractivity contribution in [2.24, 2.45) is 0 Å². The molecule has 0 radical (unpaired) electrons. The van der Waals surface area contributed by atoms with Crippen molar-refractivity contribution in [1.82, 2.24) is 0 Å². The SMILES string of the molecule is CCc1ccccc1NS(=O)(=O)c1ccc(C)cc1.[F-]. The Labute approximate surface area is 119 Å². The quantitative estimate of drug-likeness (QED) is 0.885. The van der Waals surface area contributed by atoms with Crippen molar-refractivity contribution in [3.63, 3.8) is 0 Å². The van der Waals surface area contributed by atoms with Crippen LogP contribution in [0.4, 0.5) is 5.69 Å². The highest BCUT2D eigenvalue weighted by atomic mass is 32.2. The van der Waals surface area contributed by atoms with Gasteiger partial charge in [0.05, 0.1) is 10.6 Å². The van der Waals surface area contributed by atoms with Crippen molar-refractivity contribution in [3.8, 4) is 0 Å². The molecule has 0 spiro atoms. The van der Waals surface area contributed by atoms with Crippen LogP contribution in [0.5, 0.6) is 0 Å². The molecule has 2 aromatic carbocycles. The highest BCUT2D eigenvalue weighted by Crippen LogP contribution is 2.20. The van der Waals surface area contributed by atoms with Gasteiger partial charge in [-0.15, -0.1) is 0 Å². The Morgan fingerprint density at radius 3 is 2.20 bits per heavy atom. The number of para-hydroxylation sites is 1. The first-order valence-corrected chi connectivity index (χ1v) is 7.68. The molecule has 5 heteroatoms. The first kappa shape index (κ1) is 16.2. The standard InChI is InChI=1S/C15H17NO2S.FH/c1-3-13-6-4-5-7-15(13)16-19(17,18)14-10-8-12(2)9-11-14;/h4-11,16H,3H2,1-2H3;1H/p-1. The summed E-state index contributed by atoms with van der Waals surface area (Å²) in [4.78, 5) is 0.281. The fourth-order valence-electron chi connectivity index (χ4n) is 1.85. The van der Waals surface area contributed by atoms with Crippen LogP contribution < -0.4 is 9.43 Å². The fourth-order valence-corrected chi connectivity index (χ4v) is 2.95. The summed E-state index contributed by atoms with van der Waals surface area (Å²) in [6, 6.07) is 14.3. The van der Waals surface area contributed by atoms with Gasteiger partial charge in [0, 0.05) is 0 Å². The predicted molar refractivity (Wildman–Crippen MR) is 77.8 cm³/mol. The van der Waals surface area contributed by atoms with E-state index in [9.17, 15) is 8.42 Å². The molecule has 0 atom stereocenters. The summed E-state index contributed by atoms with van der Waals surface area (Å²) in [5.41, 5.74) is 2.66. The molecular formula is C15H17FNO2S-. The van der Waals surface area contributed by atoms with Crippen molar-refractivity contribution in [2.75, 3.05) is 4.72 Å². The van der Waals surface area contributed by atoms with Gasteiger partial charge in [-0.25, -0.2) is 8.42 Å². The molecule has 3 nitrogen and oxygen atoms in total. The number of halogens is 1. The molecule has 1 N–H and O–H groups in total. The van der Waals surface area contributed by atoms with Crippen molar-refractivity contribution in [2.45, 2.75) is 25.2 Å². The number of hydrogen-bond donors (Lipinski definition) is 1. The minimum atomic E-state index is -3.51. The lowest BCUT2D eigenvalue weighted by atomic mass is 10.1. The molecule has 0 heterocycles. The second kappa shape index (κ2) is 6.52. The highest BCUT2D eigenvalue weighted by Gasteiger charge is 2.14. The van der Waals surface area contributed by atoms with E-state index < -0.39 is 10.0 Å². The summed E-state index contributed by atoms with van der Waals surface area (Å²) >= 11 is 0. The van der Waals surface area contributed by atoms with Gasteiger partial charge in [-0.3, -0.25) is 4.72 Å². The van der Waals surface area contributed by atoms with E-state index in [1.807, 2.05) is 32.0 Å². The minimum Gasteiger partial charge on any atom is -1.00 e. The summed E-state index contributed by atoms with van der Waals surface area (Å²) in [5.74, 6) is 0. The lowest BCUT2D eigenvalue weighted by molar-refractivity contribution is -0.00000636. The van der Waals surface area contributed by atoms with Crippen LogP contribution in [0.3, 0.4) is 0 Å². The summed E-state index contributed by atoms with van der Waals surface area (Å²) in [6.45, 7) is 3.93. The van der Waals surface area contributed by atoms with Gasteiger partial charge in [0.1, 0.15) is 0 Å². The number of anilines is 1. The lowest BCUT2D eigenvalue weighted by Crippen LogP contribution is -3.00. The normalized spacial score (nSPS) is 10.7. The molecule has 0 unspecified atom stereocenters. The van der Waals surface area contributed by atoms with E-state index >= 15 is 0 Å². The molecule has 0 saturated carbocycles. The third-order valence-corrected chi connectivity index (χ3v) is 4.36. The zero-order valence-corrected chi connectivity index (χ0v) is 12.2. The summed E-state index contributed by atoms with van der Waals surface area (Å²) in [5, 5.41) is 0. The molecule has 0 saturated heterocycles. The molecular weight excluding hydrogens is 277 g/mol. The third kappa shape index (κ3) is 3.57. The van der Waals surface area contributed by atoms with E-state index in [0.29, 0.717) is 5.69 Å². The van der Waals surface area contributed by atoms with Gasteiger partial charge in [0.2, 0.25) is 0 Å². The topological polar surface area (TPSA) is 46.2 Å². The molecule has 0 aliphatic carbocycles. The summed E-state index contributed by atoms with van der Waals surface area (Å²) < 4.78 is 27.2. The number of sulfonamides is 1. The van der Waals surface area contributed by atoms with Crippen molar-refractivity contribution < 1.29 is 13.1 Å². The Morgan fingerprint density at radius 2 is 1.60 bits per heavy atom. The van der Waals surface area contributed by atoms with E-state index in [1.54, 1.807) is 30.3 Å². The van der Waals surface area contributed by atoms with E-state index in [4.69, 9.17) is 0 Å². The van der Waals surface area contributed by atoms with Crippen LogP contribution in [0.15, 0.2) is 53.4 Å². The van der Waals surface area contributed by atoms with Crippen molar-refractivity contribution >= 4 is 15.7 Å². The molecule has 20 heavy (non-hydrogen) atoms. The van der Waals surface area contributed by atoms with Gasteiger partial charge >= 0.3 is 0 Å². The number of aryl methyl sites for hydroxylation is 2. The monoisotopic (exact) mass is 294 g/mol. The first-order chi connectivity index (χ1) is 9.03. The van der Waals surface area contributed by atoms with Crippen LogP contribution in [0.2, 0.25) is 0 Å². The maximum absolute atomic E-state index is 12.3. The fraction of sp³-hybridized carbons (Fsp3) is 0.200. The van der Waals surface area contributed by atoms with Gasteiger partial charge < -0.3 is 4.70 Å². The summed E-state index contributed by atoms with van der Waals surface area (Å²) in [6.07, 6.45) is 0.784. The van der Waals surface area contributed by atoms with Gasteiger partial charge in [-0.2, -0.15) is 0 Å². The molecule has 0 bridgehead atoms. The Bertz CT molecular complexity index is 667. The smallest absolute Gasteiger partial charge is 0.261 e.